The number of carboxylic acids is 1. The third-order valence-electron chi connectivity index (χ3n) is 3.37. The molecular weight excluding hydrogens is 315 g/mol. The van der Waals surface area contributed by atoms with Crippen molar-refractivity contribution in [2.75, 3.05) is 7.05 Å². The number of carbonyl (C=O) groups excluding carboxylic acids is 1. The van der Waals surface area contributed by atoms with Crippen LogP contribution in [0.15, 0.2) is 47.4 Å². The van der Waals surface area contributed by atoms with Crippen LogP contribution in [0.4, 0.5) is 4.39 Å². The third kappa shape index (κ3) is 3.66. The summed E-state index contributed by atoms with van der Waals surface area (Å²) in [5.41, 5.74) is 3.59. The van der Waals surface area contributed by atoms with Gasteiger partial charge in [-0.05, 0) is 24.1 Å². The second kappa shape index (κ2) is 7.05. The van der Waals surface area contributed by atoms with Crippen molar-refractivity contribution in [1.82, 2.24) is 15.8 Å². The number of rotatable bonds is 5. The molecule has 1 heterocycles. The molecule has 0 radical (unpaired) electrons. The van der Waals surface area contributed by atoms with E-state index in [2.05, 4.69) is 22.3 Å². The van der Waals surface area contributed by atoms with Crippen LogP contribution in [0.3, 0.4) is 0 Å². The number of nitrogens with zero attached hydrogens (tertiary/aromatic N) is 2. The Bertz CT molecular complexity index is 771. The van der Waals surface area contributed by atoms with E-state index >= 15 is 0 Å². The summed E-state index contributed by atoms with van der Waals surface area (Å²) in [7, 11) is 1.51. The van der Waals surface area contributed by atoms with Gasteiger partial charge in [0.15, 0.2) is 0 Å². The highest BCUT2D eigenvalue weighted by Gasteiger charge is 2.25. The van der Waals surface area contributed by atoms with Crippen LogP contribution in [0.25, 0.3) is 0 Å². The van der Waals surface area contributed by atoms with E-state index in [1.54, 1.807) is 19.1 Å². The molecule has 0 atom stereocenters. The van der Waals surface area contributed by atoms with Crippen LogP contribution in [-0.2, 0) is 16.1 Å². The molecule has 0 aliphatic carbocycles. The van der Waals surface area contributed by atoms with Gasteiger partial charge in [0, 0.05) is 19.7 Å². The monoisotopic (exact) mass is 332 g/mol. The highest BCUT2D eigenvalue weighted by atomic mass is 19.1. The zero-order chi connectivity index (χ0) is 17.9. The lowest BCUT2D eigenvalue weighted by molar-refractivity contribution is -0.134. The van der Waals surface area contributed by atoms with E-state index in [4.69, 9.17) is 0 Å². The van der Waals surface area contributed by atoms with Gasteiger partial charge in [-0.3, -0.25) is 9.80 Å². The van der Waals surface area contributed by atoms with Crippen LogP contribution in [0.1, 0.15) is 11.1 Å². The molecule has 1 aliphatic heterocycles. The summed E-state index contributed by atoms with van der Waals surface area (Å²) >= 11 is 0. The molecule has 0 unspecified atom stereocenters. The lowest BCUT2D eigenvalue weighted by atomic mass is 10.1. The topological polar surface area (TPSA) is 94.0 Å². The molecule has 8 heteroatoms. The number of carboxylic acid groups (broad SMARTS) is 1. The van der Waals surface area contributed by atoms with E-state index in [0.29, 0.717) is 5.56 Å². The molecule has 126 valence electrons. The predicted octanol–water partition coefficient (Wildman–Crippen LogP) is 1.08. The van der Waals surface area contributed by atoms with E-state index < -0.39 is 11.9 Å². The maximum absolute atomic E-state index is 13.2. The largest absolute Gasteiger partial charge is 0.477 e. The molecule has 0 saturated carbocycles. The van der Waals surface area contributed by atoms with E-state index in [-0.39, 0.29) is 29.6 Å². The summed E-state index contributed by atoms with van der Waals surface area (Å²) < 4.78 is 13.2. The Hall–Kier alpha value is -3.00. The number of amides is 1. The summed E-state index contributed by atoms with van der Waals surface area (Å²) in [4.78, 5) is 27.5. The number of aliphatic imine (C=N–C) groups is 1. The average molecular weight is 332 g/mol. The Kier molecular flexibility index (Phi) is 5.10. The molecule has 0 aromatic heterocycles. The normalized spacial score (nSPS) is 14.1. The number of benzene rings is 1. The predicted molar refractivity (Wildman–Crippen MR) is 86.2 cm³/mol. The number of nitrogens with one attached hydrogen (secondary N) is 2. The number of aryl methyl sites for hydroxylation is 1. The number of hydrogen-bond acceptors (Lipinski definition) is 5. The van der Waals surface area contributed by atoms with Crippen LogP contribution >= 0.6 is 0 Å². The molecule has 0 spiro atoms. The van der Waals surface area contributed by atoms with E-state index in [1.807, 2.05) is 0 Å². The fraction of sp³-hybridized carbons (Fsp3) is 0.188. The summed E-state index contributed by atoms with van der Waals surface area (Å²) in [5, 5.41) is 13.0. The Morgan fingerprint density at radius 2 is 2.12 bits per heavy atom. The van der Waals surface area contributed by atoms with Crippen molar-refractivity contribution in [2.24, 2.45) is 4.99 Å². The van der Waals surface area contributed by atoms with Crippen molar-refractivity contribution in [2.45, 2.75) is 13.5 Å². The minimum Gasteiger partial charge on any atom is -0.477 e. The van der Waals surface area contributed by atoms with Gasteiger partial charge in [0.25, 0.3) is 5.91 Å². The van der Waals surface area contributed by atoms with Gasteiger partial charge in [0.1, 0.15) is 23.0 Å². The first-order chi connectivity index (χ1) is 11.3. The smallest absolute Gasteiger partial charge is 0.354 e. The van der Waals surface area contributed by atoms with Crippen LogP contribution in [0.5, 0.6) is 0 Å². The van der Waals surface area contributed by atoms with E-state index in [0.717, 1.165) is 16.6 Å². The minimum atomic E-state index is -1.22. The number of halogens is 1. The van der Waals surface area contributed by atoms with Crippen LogP contribution in [-0.4, -0.2) is 34.8 Å². The standard InChI is InChI=1S/C16H17FN4O3/c1-9-6-11(4-5-12(9)17)8-19-15(22)13-7-14(16(23)24)21(18-3)10(2)20-13/h4-7,18H,2,8H2,1,3H3,(H,19,22)(H,23,24). The van der Waals surface area contributed by atoms with Crippen molar-refractivity contribution in [3.05, 3.63) is 59.3 Å². The fourth-order valence-electron chi connectivity index (χ4n) is 2.17. The second-order valence-corrected chi connectivity index (χ2v) is 5.07. The lowest BCUT2D eigenvalue weighted by Crippen LogP contribution is -2.41. The summed E-state index contributed by atoms with van der Waals surface area (Å²) in [5.74, 6) is -2.01. The lowest BCUT2D eigenvalue weighted by Gasteiger charge is -2.26. The first kappa shape index (κ1) is 17.4. The fourth-order valence-corrected chi connectivity index (χ4v) is 2.17. The van der Waals surface area contributed by atoms with Crippen molar-refractivity contribution >= 4 is 17.6 Å². The van der Waals surface area contributed by atoms with Crippen molar-refractivity contribution in [3.8, 4) is 0 Å². The second-order valence-electron chi connectivity index (χ2n) is 5.07. The molecule has 1 aromatic carbocycles. The first-order valence-corrected chi connectivity index (χ1v) is 7.06. The van der Waals surface area contributed by atoms with Crippen LogP contribution < -0.4 is 10.7 Å². The molecule has 0 bridgehead atoms. The van der Waals surface area contributed by atoms with Gasteiger partial charge in [0.05, 0.1) is 0 Å². The molecule has 7 nitrogen and oxygen atoms in total. The average Bonchev–Trinajstić information content (AvgIpc) is 2.54. The Balaban J connectivity index is 2.13. The Morgan fingerprint density at radius 3 is 2.71 bits per heavy atom. The number of carbonyl (C=O) groups is 2. The molecule has 2 rings (SSSR count). The van der Waals surface area contributed by atoms with Crippen LogP contribution in [0.2, 0.25) is 0 Å². The zero-order valence-corrected chi connectivity index (χ0v) is 13.3. The first-order valence-electron chi connectivity index (χ1n) is 7.06. The molecule has 0 fully saturated rings. The Labute approximate surface area is 138 Å². The molecule has 3 N–H and O–H groups in total. The quantitative estimate of drug-likeness (QED) is 0.750. The van der Waals surface area contributed by atoms with Gasteiger partial charge < -0.3 is 10.4 Å². The van der Waals surface area contributed by atoms with Gasteiger partial charge >= 0.3 is 5.97 Å². The van der Waals surface area contributed by atoms with Gasteiger partial charge in [-0.2, -0.15) is 0 Å². The molecule has 1 amide bonds. The van der Waals surface area contributed by atoms with Crippen molar-refractivity contribution in [3.63, 3.8) is 0 Å². The van der Waals surface area contributed by atoms with E-state index in [1.165, 1.54) is 13.1 Å². The summed E-state index contributed by atoms with van der Waals surface area (Å²) in [6.07, 6.45) is 1.15. The Morgan fingerprint density at radius 1 is 1.42 bits per heavy atom. The van der Waals surface area contributed by atoms with Gasteiger partial charge in [-0.25, -0.2) is 19.6 Å². The maximum Gasteiger partial charge on any atom is 0.354 e. The summed E-state index contributed by atoms with van der Waals surface area (Å²) in [6, 6.07) is 4.51. The van der Waals surface area contributed by atoms with Gasteiger partial charge in [-0.1, -0.05) is 18.7 Å². The van der Waals surface area contributed by atoms with Gasteiger partial charge in [0.2, 0.25) is 0 Å². The SMILES string of the molecule is C=C1N=C(C(=O)NCc2ccc(F)c(C)c2)C=C(C(=O)O)N1NC. The molecule has 1 aliphatic rings. The molecular formula is C16H17FN4O3. The molecule has 1 aromatic rings. The zero-order valence-electron chi connectivity index (χ0n) is 13.3. The number of hydrazine groups is 1. The maximum atomic E-state index is 13.2. The molecule has 0 saturated heterocycles. The van der Waals surface area contributed by atoms with Gasteiger partial charge in [-0.15, -0.1) is 0 Å². The minimum absolute atomic E-state index is 0.0669. The van der Waals surface area contributed by atoms with E-state index in [9.17, 15) is 19.1 Å². The highest BCUT2D eigenvalue weighted by molar-refractivity contribution is 6.44. The van der Waals surface area contributed by atoms with Crippen molar-refractivity contribution in [1.29, 1.82) is 0 Å². The molecule has 24 heavy (non-hydrogen) atoms. The van der Waals surface area contributed by atoms with Crippen molar-refractivity contribution < 1.29 is 19.1 Å². The number of aliphatic carboxylic acids is 1. The van der Waals surface area contributed by atoms with Crippen LogP contribution in [0, 0.1) is 12.7 Å². The number of hydrogen-bond donors (Lipinski definition) is 3. The third-order valence-corrected chi connectivity index (χ3v) is 3.37. The highest BCUT2D eigenvalue weighted by Crippen LogP contribution is 2.16. The summed E-state index contributed by atoms with van der Waals surface area (Å²) in [6.45, 7) is 5.41.